The Kier molecular flexibility index (Phi) is 3.99. The summed E-state index contributed by atoms with van der Waals surface area (Å²) in [6.07, 6.45) is 3.28. The summed E-state index contributed by atoms with van der Waals surface area (Å²) in [6.45, 7) is 3.73. The van der Waals surface area contributed by atoms with Crippen molar-refractivity contribution < 1.29 is 4.42 Å². The summed E-state index contributed by atoms with van der Waals surface area (Å²) < 4.78 is 5.74. The first-order chi connectivity index (χ1) is 12.7. The maximum absolute atomic E-state index is 5.74. The number of benzene rings is 2. The fraction of sp³-hybridized carbons (Fsp3) is 0. The highest BCUT2D eigenvalue weighted by Gasteiger charge is 2.13. The summed E-state index contributed by atoms with van der Waals surface area (Å²) in [7, 11) is 0. The van der Waals surface area contributed by atoms with Crippen LogP contribution in [0.4, 0.5) is 0 Å². The van der Waals surface area contributed by atoms with Gasteiger partial charge in [0.15, 0.2) is 0 Å². The molecule has 126 valence electrons. The number of aromatic nitrogens is 4. The molecule has 6 nitrogen and oxygen atoms in total. The molecule has 0 aliphatic rings. The summed E-state index contributed by atoms with van der Waals surface area (Å²) in [6, 6.07) is 17.2. The predicted molar refractivity (Wildman–Crippen MR) is 99.4 cm³/mol. The SMILES string of the molecule is C=C(N)c1ccc(-c2cncc(-c3nnc(-c4ccccc4)o3)n2)cc1. The van der Waals surface area contributed by atoms with E-state index in [1.54, 1.807) is 12.4 Å². The highest BCUT2D eigenvalue weighted by Crippen LogP contribution is 2.24. The van der Waals surface area contributed by atoms with E-state index in [1.165, 1.54) is 0 Å². The van der Waals surface area contributed by atoms with E-state index in [0.717, 1.165) is 16.7 Å². The third-order valence-electron chi connectivity index (χ3n) is 3.85. The molecular formula is C20H15N5O. The molecule has 0 radical (unpaired) electrons. The van der Waals surface area contributed by atoms with Gasteiger partial charge in [-0.1, -0.05) is 49.0 Å². The van der Waals surface area contributed by atoms with Gasteiger partial charge in [-0.2, -0.15) is 0 Å². The quantitative estimate of drug-likeness (QED) is 0.607. The number of nitrogens with zero attached hydrogens (tertiary/aromatic N) is 4. The van der Waals surface area contributed by atoms with Crippen LogP contribution in [0.3, 0.4) is 0 Å². The number of hydrogen-bond donors (Lipinski definition) is 1. The second kappa shape index (κ2) is 6.60. The smallest absolute Gasteiger partial charge is 0.268 e. The second-order valence-electron chi connectivity index (χ2n) is 5.67. The average molecular weight is 341 g/mol. The zero-order valence-corrected chi connectivity index (χ0v) is 13.8. The average Bonchev–Trinajstić information content (AvgIpc) is 3.19. The van der Waals surface area contributed by atoms with E-state index < -0.39 is 0 Å². The Morgan fingerprint density at radius 1 is 0.808 bits per heavy atom. The van der Waals surface area contributed by atoms with Gasteiger partial charge in [-0.3, -0.25) is 4.98 Å². The molecule has 6 heteroatoms. The molecule has 0 bridgehead atoms. The van der Waals surface area contributed by atoms with Crippen LogP contribution < -0.4 is 5.73 Å². The van der Waals surface area contributed by atoms with E-state index in [4.69, 9.17) is 10.2 Å². The highest BCUT2D eigenvalue weighted by atomic mass is 16.4. The lowest BCUT2D eigenvalue weighted by Crippen LogP contribution is -1.94. The van der Waals surface area contributed by atoms with Crippen molar-refractivity contribution in [3.8, 4) is 34.3 Å². The summed E-state index contributed by atoms with van der Waals surface area (Å²) in [5.74, 6) is 0.767. The van der Waals surface area contributed by atoms with Crippen LogP contribution in [0.5, 0.6) is 0 Å². The molecule has 0 saturated carbocycles. The Labute approximate surface area is 150 Å². The first kappa shape index (κ1) is 15.7. The predicted octanol–water partition coefficient (Wildman–Crippen LogP) is 3.79. The minimum atomic E-state index is 0.324. The summed E-state index contributed by atoms with van der Waals surface area (Å²) in [5, 5.41) is 8.18. The Morgan fingerprint density at radius 2 is 1.50 bits per heavy atom. The van der Waals surface area contributed by atoms with Crippen LogP contribution in [-0.4, -0.2) is 20.2 Å². The normalized spacial score (nSPS) is 10.6. The molecule has 0 unspecified atom stereocenters. The number of nitrogens with two attached hydrogens (primary N) is 1. The van der Waals surface area contributed by atoms with Crippen LogP contribution in [0.25, 0.3) is 40.0 Å². The van der Waals surface area contributed by atoms with E-state index >= 15 is 0 Å². The van der Waals surface area contributed by atoms with Crippen molar-refractivity contribution >= 4 is 5.70 Å². The zero-order valence-electron chi connectivity index (χ0n) is 13.8. The Bertz CT molecular complexity index is 1060. The molecular weight excluding hydrogens is 326 g/mol. The molecule has 2 aromatic heterocycles. The van der Waals surface area contributed by atoms with Gasteiger partial charge in [0.25, 0.3) is 5.89 Å². The Hall–Kier alpha value is -3.80. The van der Waals surface area contributed by atoms with Crippen LogP contribution in [0.2, 0.25) is 0 Å². The van der Waals surface area contributed by atoms with Gasteiger partial charge in [0.2, 0.25) is 5.89 Å². The molecule has 4 aromatic rings. The fourth-order valence-corrected chi connectivity index (χ4v) is 2.49. The summed E-state index contributed by atoms with van der Waals surface area (Å²) >= 11 is 0. The molecule has 0 amide bonds. The van der Waals surface area contributed by atoms with Gasteiger partial charge in [-0.25, -0.2) is 4.98 Å². The maximum Gasteiger partial charge on any atom is 0.268 e. The van der Waals surface area contributed by atoms with Gasteiger partial charge in [-0.05, 0) is 17.7 Å². The van der Waals surface area contributed by atoms with Crippen LogP contribution in [0.1, 0.15) is 5.56 Å². The van der Waals surface area contributed by atoms with Gasteiger partial charge in [0, 0.05) is 16.8 Å². The van der Waals surface area contributed by atoms with Crippen LogP contribution in [-0.2, 0) is 0 Å². The Morgan fingerprint density at radius 3 is 2.23 bits per heavy atom. The van der Waals surface area contributed by atoms with Crippen LogP contribution in [0, 0.1) is 0 Å². The lowest BCUT2D eigenvalue weighted by molar-refractivity contribution is 0.582. The lowest BCUT2D eigenvalue weighted by atomic mass is 10.1. The van der Waals surface area contributed by atoms with Crippen molar-refractivity contribution in [2.45, 2.75) is 0 Å². The second-order valence-corrected chi connectivity index (χ2v) is 5.67. The third kappa shape index (κ3) is 3.08. The molecule has 0 atom stereocenters. The molecule has 0 spiro atoms. The van der Waals surface area contributed by atoms with Gasteiger partial charge >= 0.3 is 0 Å². The van der Waals surface area contributed by atoms with Crippen LogP contribution >= 0.6 is 0 Å². The van der Waals surface area contributed by atoms with Gasteiger partial charge in [0.1, 0.15) is 5.69 Å². The minimum Gasteiger partial charge on any atom is -0.415 e. The molecule has 26 heavy (non-hydrogen) atoms. The maximum atomic E-state index is 5.74. The van der Waals surface area contributed by atoms with E-state index in [-0.39, 0.29) is 0 Å². The van der Waals surface area contributed by atoms with Gasteiger partial charge in [0.05, 0.1) is 18.1 Å². The van der Waals surface area contributed by atoms with Gasteiger partial charge in [-0.15, -0.1) is 10.2 Å². The van der Waals surface area contributed by atoms with Crippen molar-refractivity contribution in [2.24, 2.45) is 5.73 Å². The topological polar surface area (TPSA) is 90.7 Å². The van der Waals surface area contributed by atoms with Crippen molar-refractivity contribution in [1.82, 2.24) is 20.2 Å². The molecule has 2 heterocycles. The first-order valence-corrected chi connectivity index (χ1v) is 7.97. The first-order valence-electron chi connectivity index (χ1n) is 7.97. The number of hydrogen-bond acceptors (Lipinski definition) is 6. The molecule has 0 saturated heterocycles. The van der Waals surface area contributed by atoms with Crippen molar-refractivity contribution in [2.75, 3.05) is 0 Å². The van der Waals surface area contributed by atoms with E-state index in [1.807, 2.05) is 54.6 Å². The number of rotatable bonds is 4. The molecule has 0 aliphatic heterocycles. The minimum absolute atomic E-state index is 0.324. The zero-order chi connectivity index (χ0) is 17.9. The summed E-state index contributed by atoms with van der Waals surface area (Å²) in [5.41, 5.74) is 10.1. The van der Waals surface area contributed by atoms with E-state index in [0.29, 0.717) is 28.9 Å². The van der Waals surface area contributed by atoms with Crippen LogP contribution in [0.15, 0.2) is 78.0 Å². The van der Waals surface area contributed by atoms with Crippen molar-refractivity contribution in [3.05, 3.63) is 79.1 Å². The fourth-order valence-electron chi connectivity index (χ4n) is 2.49. The van der Waals surface area contributed by atoms with Gasteiger partial charge < -0.3 is 10.2 Å². The largest absolute Gasteiger partial charge is 0.415 e. The highest BCUT2D eigenvalue weighted by molar-refractivity contribution is 5.67. The monoisotopic (exact) mass is 341 g/mol. The summed E-state index contributed by atoms with van der Waals surface area (Å²) in [4.78, 5) is 8.83. The van der Waals surface area contributed by atoms with Crippen molar-refractivity contribution in [3.63, 3.8) is 0 Å². The Balaban J connectivity index is 1.66. The lowest BCUT2D eigenvalue weighted by Gasteiger charge is -2.04. The molecule has 0 aliphatic carbocycles. The molecule has 0 fully saturated rings. The molecule has 2 aromatic carbocycles. The molecule has 2 N–H and O–H groups in total. The standard InChI is InChI=1S/C20H15N5O/c1-13(21)14-7-9-15(10-8-14)17-11-22-12-18(23-17)20-25-24-19(26-20)16-5-3-2-4-6-16/h2-12H,1,21H2. The van der Waals surface area contributed by atoms with Crippen molar-refractivity contribution in [1.29, 1.82) is 0 Å². The molecule has 4 rings (SSSR count). The third-order valence-corrected chi connectivity index (χ3v) is 3.85. The van der Waals surface area contributed by atoms with E-state index in [9.17, 15) is 0 Å². The van der Waals surface area contributed by atoms with E-state index in [2.05, 4.69) is 26.7 Å².